The predicted molar refractivity (Wildman–Crippen MR) is 275 cm³/mol. The number of aryl methyl sites for hydroxylation is 1. The van der Waals surface area contributed by atoms with Crippen molar-refractivity contribution in [2.45, 2.75) is 69.1 Å². The molecule has 1 aliphatic carbocycles. The van der Waals surface area contributed by atoms with Crippen molar-refractivity contribution in [1.29, 1.82) is 0 Å². The van der Waals surface area contributed by atoms with Crippen LogP contribution in [0.3, 0.4) is 0 Å². The number of rotatable bonds is 6. The minimum Gasteiger partial charge on any atom is -0.347 e. The summed E-state index contributed by atoms with van der Waals surface area (Å²) in [7, 11) is -0.222. The lowest BCUT2D eigenvalue weighted by Gasteiger charge is -2.29. The van der Waals surface area contributed by atoms with Gasteiger partial charge in [0.1, 0.15) is 0 Å². The van der Waals surface area contributed by atoms with E-state index in [1.807, 2.05) is 25.1 Å². The molecule has 0 aromatic heterocycles. The molecule has 7 heteroatoms. The van der Waals surface area contributed by atoms with E-state index in [1.165, 1.54) is 44.0 Å². The molecule has 3 aliphatic rings. The van der Waals surface area contributed by atoms with Gasteiger partial charge in [-0.15, -0.1) is 0 Å². The maximum Gasteiger partial charge on any atom is 0.294 e. The van der Waals surface area contributed by atoms with Gasteiger partial charge in [-0.3, -0.25) is 4.55 Å². The van der Waals surface area contributed by atoms with Crippen molar-refractivity contribution in [3.8, 4) is 0 Å². The average Bonchev–Trinajstić information content (AvgIpc) is 3.64. The molecule has 1 saturated carbocycles. The number of hydrogen-bond acceptors (Lipinski definition) is 4. The van der Waals surface area contributed by atoms with Crippen molar-refractivity contribution < 1.29 is 13.0 Å². The second-order valence-corrected chi connectivity index (χ2v) is 20.6. The van der Waals surface area contributed by atoms with E-state index in [-0.39, 0.29) is 21.6 Å². The number of nitrogens with zero attached hydrogens (tertiary/aromatic N) is 3. The molecule has 66 heavy (non-hydrogen) atoms. The molecule has 0 saturated heterocycles. The molecule has 7 aromatic carbocycles. The largest absolute Gasteiger partial charge is 0.347 e. The smallest absolute Gasteiger partial charge is 0.294 e. The highest BCUT2D eigenvalue weighted by molar-refractivity contribution is 7.85. The molecule has 0 unspecified atom stereocenters. The van der Waals surface area contributed by atoms with Crippen LogP contribution in [0.15, 0.2) is 203 Å². The molecule has 2 aliphatic heterocycles. The minimum absolute atomic E-state index is 0.0436. The lowest BCUT2D eigenvalue weighted by Crippen LogP contribution is -2.29. The van der Waals surface area contributed by atoms with Gasteiger partial charge in [0.25, 0.3) is 10.1 Å². The molecule has 10 rings (SSSR count). The van der Waals surface area contributed by atoms with E-state index >= 15 is 0 Å². The van der Waals surface area contributed by atoms with E-state index in [0.29, 0.717) is 18.4 Å². The van der Waals surface area contributed by atoms with Gasteiger partial charge in [0.15, 0.2) is 0 Å². The maximum absolute atomic E-state index is 13.2. The molecule has 0 radical (unpaired) electrons. The first-order valence-electron chi connectivity index (χ1n) is 22.8. The lowest BCUT2D eigenvalue weighted by molar-refractivity contribution is 0.480. The summed E-state index contributed by atoms with van der Waals surface area (Å²) in [6.45, 7) is 11.2. The first-order valence-corrected chi connectivity index (χ1v) is 24.3. The third-order valence-electron chi connectivity index (χ3n) is 14.4. The summed E-state index contributed by atoms with van der Waals surface area (Å²) < 4.78 is 39.5. The second-order valence-electron chi connectivity index (χ2n) is 19.2. The molecular formula is C59H56N3O3S+. The summed E-state index contributed by atoms with van der Waals surface area (Å²) >= 11 is 0. The quantitative estimate of drug-likeness (QED) is 0.133. The van der Waals surface area contributed by atoms with Crippen molar-refractivity contribution in [3.05, 3.63) is 221 Å². The zero-order valence-corrected chi connectivity index (χ0v) is 39.6. The van der Waals surface area contributed by atoms with Crippen LogP contribution in [0.2, 0.25) is 0 Å². The number of benzene rings is 7. The molecule has 0 bridgehead atoms. The normalized spacial score (nSPS) is 20.2. The van der Waals surface area contributed by atoms with Crippen LogP contribution in [-0.2, 0) is 20.9 Å². The van der Waals surface area contributed by atoms with E-state index in [1.54, 1.807) is 12.1 Å². The van der Waals surface area contributed by atoms with E-state index in [2.05, 4.69) is 202 Å². The monoisotopic (exact) mass is 886 g/mol. The van der Waals surface area contributed by atoms with Gasteiger partial charge in [-0.1, -0.05) is 155 Å². The van der Waals surface area contributed by atoms with Crippen LogP contribution in [0, 0.1) is 6.92 Å². The Labute approximate surface area is 389 Å². The fourth-order valence-corrected chi connectivity index (χ4v) is 12.1. The van der Waals surface area contributed by atoms with Crippen LogP contribution in [0.5, 0.6) is 0 Å². The molecular weight excluding hydrogens is 831 g/mol. The van der Waals surface area contributed by atoms with Crippen LogP contribution < -0.4 is 14.4 Å². The van der Waals surface area contributed by atoms with Crippen LogP contribution in [0.1, 0.15) is 68.7 Å². The molecule has 2 heterocycles. The van der Waals surface area contributed by atoms with E-state index in [0.717, 1.165) is 45.2 Å². The van der Waals surface area contributed by atoms with Gasteiger partial charge in [-0.25, -0.2) is 0 Å². The molecule has 1 fully saturated rings. The molecule has 1 N–H and O–H groups in total. The Morgan fingerprint density at radius 3 is 1.47 bits per heavy atom. The van der Waals surface area contributed by atoms with Gasteiger partial charge in [-0.05, 0) is 94.3 Å². The minimum atomic E-state index is -4.54. The van der Waals surface area contributed by atoms with Crippen molar-refractivity contribution in [1.82, 2.24) is 4.58 Å². The number of fused-ring (bicyclic) bond motifs is 6. The van der Waals surface area contributed by atoms with Gasteiger partial charge >= 0.3 is 0 Å². The van der Waals surface area contributed by atoms with Gasteiger partial charge in [0, 0.05) is 83.1 Å². The number of anilines is 2. The Bertz CT molecular complexity index is 3190. The van der Waals surface area contributed by atoms with Crippen molar-refractivity contribution in [2.75, 3.05) is 23.9 Å². The summed E-state index contributed by atoms with van der Waals surface area (Å²) in [6, 6.07) is 52.4. The number of likely N-dealkylation sites (N-methyl/N-ethyl adjacent to an activating group) is 2. The van der Waals surface area contributed by atoms with Crippen LogP contribution in [0.4, 0.5) is 22.7 Å². The summed E-state index contributed by atoms with van der Waals surface area (Å²) in [5.41, 5.74) is 13.4. The zero-order valence-electron chi connectivity index (χ0n) is 38.7. The van der Waals surface area contributed by atoms with E-state index in [4.69, 9.17) is 0 Å². The number of hydrogen-bond donors (Lipinski definition) is 1. The third kappa shape index (κ3) is 7.22. The van der Waals surface area contributed by atoms with Crippen molar-refractivity contribution in [2.24, 2.45) is 0 Å². The topological polar surface area (TPSA) is 63.9 Å². The second kappa shape index (κ2) is 16.3. The fraction of sp³-hybridized carbons (Fsp3) is 0.203. The zero-order chi connectivity index (χ0) is 46.1. The van der Waals surface area contributed by atoms with Crippen LogP contribution in [-0.4, -0.2) is 32.8 Å². The Kier molecular flexibility index (Phi) is 10.6. The summed E-state index contributed by atoms with van der Waals surface area (Å²) in [6.07, 6.45) is 10.2. The van der Waals surface area contributed by atoms with Crippen molar-refractivity contribution >= 4 is 60.1 Å². The van der Waals surface area contributed by atoms with Gasteiger partial charge in [0.05, 0.1) is 4.90 Å². The molecule has 6 nitrogen and oxygen atoms in total. The predicted octanol–water partition coefficient (Wildman–Crippen LogP) is 13.9. The first kappa shape index (κ1) is 43.1. The Hall–Kier alpha value is -6.80. The molecule has 0 atom stereocenters. The van der Waals surface area contributed by atoms with E-state index in [9.17, 15) is 13.0 Å². The Balaban J connectivity index is 1.25. The highest BCUT2D eigenvalue weighted by Crippen LogP contribution is 2.52. The van der Waals surface area contributed by atoms with Crippen LogP contribution >= 0.6 is 0 Å². The molecule has 7 aromatic rings. The SMILES string of the molecule is Cc1ccc(S(=O)(=O)O)c(C2C/C(=C\C=C3\N(C)c4ccc5ccccc5c4C3(C)C)C(=[N+](c3ccccc3)c3ccccc3)/C(=C/C=C3/N(C)c4ccc5ccccc5c4C3(C)C)C2)c1. The third-order valence-corrected chi connectivity index (χ3v) is 15.3. The van der Waals surface area contributed by atoms with Crippen molar-refractivity contribution in [3.63, 3.8) is 0 Å². The molecule has 0 spiro atoms. The van der Waals surface area contributed by atoms with Gasteiger partial charge < -0.3 is 9.80 Å². The standard InChI is InChI=1S/C59H55N3O3S/c1-39-26-33-52(66(63,64)65)49(36-39)44-37-42(29-34-53-58(2,3)55-47-24-16-14-18-40(47)27-31-50(55)60(53)6)57(62(45-20-10-8-11-21-45)46-22-12-9-13-23-46)43(38-44)30-35-54-59(4,5)56-48-25-17-15-19-41(48)28-32-51(56)61(54)7/h8-36,44H,37-38H2,1-7H3/p+1. The fourth-order valence-electron chi connectivity index (χ4n) is 11.3. The average molecular weight is 887 g/mol. The summed E-state index contributed by atoms with van der Waals surface area (Å²) in [4.78, 5) is 4.60. The van der Waals surface area contributed by atoms with E-state index < -0.39 is 10.1 Å². The number of para-hydroxylation sites is 2. The summed E-state index contributed by atoms with van der Waals surface area (Å²) in [5.74, 6) is -0.279. The maximum atomic E-state index is 13.2. The Morgan fingerprint density at radius 2 is 1.02 bits per heavy atom. The van der Waals surface area contributed by atoms with Gasteiger partial charge in [0.2, 0.25) is 17.1 Å². The van der Waals surface area contributed by atoms with Crippen LogP contribution in [0.25, 0.3) is 21.5 Å². The first-order chi connectivity index (χ1) is 31.6. The molecule has 330 valence electrons. The number of allylic oxidation sites excluding steroid dienone is 8. The van der Waals surface area contributed by atoms with Gasteiger partial charge in [-0.2, -0.15) is 13.0 Å². The molecule has 0 amide bonds. The summed E-state index contributed by atoms with van der Waals surface area (Å²) in [5, 5.41) is 4.93. The highest BCUT2D eigenvalue weighted by atomic mass is 32.2. The lowest BCUT2D eigenvalue weighted by atomic mass is 9.75. The highest BCUT2D eigenvalue weighted by Gasteiger charge is 2.42. The Morgan fingerprint density at radius 1 is 0.576 bits per heavy atom.